The molecule has 0 bridgehead atoms. The van der Waals surface area contributed by atoms with Crippen molar-refractivity contribution in [3.8, 4) is 0 Å². The molecule has 0 aromatic carbocycles. The van der Waals surface area contributed by atoms with Crippen LogP contribution in [0.5, 0.6) is 0 Å². The minimum absolute atomic E-state index is 0.171. The largest absolute Gasteiger partial charge is 0.444 e. The van der Waals surface area contributed by atoms with Crippen LogP contribution in [-0.2, 0) is 9.47 Å². The first-order valence-corrected chi connectivity index (χ1v) is 6.07. The van der Waals surface area contributed by atoms with E-state index >= 15 is 0 Å². The number of ether oxygens (including phenoxy) is 2. The number of likely N-dealkylation sites (tertiary alicyclic amines) is 1. The third-order valence-electron chi connectivity index (χ3n) is 2.94. The number of rotatable bonds is 2. The highest BCUT2D eigenvalue weighted by Crippen LogP contribution is 2.27. The summed E-state index contributed by atoms with van der Waals surface area (Å²) in [5.74, 6) is 0. The zero-order chi connectivity index (χ0) is 11.8. The Morgan fingerprint density at radius 3 is 2.75 bits per heavy atom. The van der Waals surface area contributed by atoms with Crippen molar-refractivity contribution in [3.05, 3.63) is 0 Å². The van der Waals surface area contributed by atoms with E-state index in [4.69, 9.17) is 9.47 Å². The van der Waals surface area contributed by atoms with Crippen molar-refractivity contribution in [3.63, 3.8) is 0 Å². The van der Waals surface area contributed by atoms with Crippen molar-refractivity contribution in [2.45, 2.75) is 57.8 Å². The van der Waals surface area contributed by atoms with Crippen LogP contribution in [0.2, 0.25) is 0 Å². The molecule has 2 unspecified atom stereocenters. The van der Waals surface area contributed by atoms with Crippen molar-refractivity contribution in [2.75, 3.05) is 13.2 Å². The molecule has 0 aromatic rings. The van der Waals surface area contributed by atoms with Crippen molar-refractivity contribution in [1.29, 1.82) is 0 Å². The Morgan fingerprint density at radius 1 is 1.50 bits per heavy atom. The summed E-state index contributed by atoms with van der Waals surface area (Å²) in [6, 6.07) is 0.322. The van der Waals surface area contributed by atoms with Crippen LogP contribution >= 0.6 is 0 Å². The van der Waals surface area contributed by atoms with E-state index in [1.54, 1.807) is 0 Å². The normalized spacial score (nSPS) is 29.3. The minimum Gasteiger partial charge on any atom is -0.444 e. The number of nitrogens with zero attached hydrogens (tertiary/aromatic N) is 1. The third kappa shape index (κ3) is 3.11. The number of hydrogen-bond donors (Lipinski definition) is 0. The minimum atomic E-state index is -0.402. The number of carbonyl (C=O) groups is 1. The SMILES string of the molecule is CC(C)(C)OC(=O)N1CCCC1CC1CO1. The Morgan fingerprint density at radius 2 is 2.19 bits per heavy atom. The Kier molecular flexibility index (Phi) is 3.10. The lowest BCUT2D eigenvalue weighted by Gasteiger charge is -2.28. The number of carbonyl (C=O) groups excluding carboxylic acids is 1. The highest BCUT2D eigenvalue weighted by atomic mass is 16.6. The van der Waals surface area contributed by atoms with Crippen LogP contribution in [0.1, 0.15) is 40.0 Å². The molecule has 4 nitrogen and oxygen atoms in total. The van der Waals surface area contributed by atoms with Crippen LogP contribution in [0.15, 0.2) is 0 Å². The fraction of sp³-hybridized carbons (Fsp3) is 0.917. The van der Waals surface area contributed by atoms with E-state index in [1.807, 2.05) is 25.7 Å². The van der Waals surface area contributed by atoms with Gasteiger partial charge < -0.3 is 14.4 Å². The summed E-state index contributed by atoms with van der Waals surface area (Å²) < 4.78 is 10.6. The summed E-state index contributed by atoms with van der Waals surface area (Å²) in [5, 5.41) is 0. The van der Waals surface area contributed by atoms with Crippen LogP contribution in [0.25, 0.3) is 0 Å². The zero-order valence-corrected chi connectivity index (χ0v) is 10.4. The molecule has 2 heterocycles. The first kappa shape index (κ1) is 11.7. The molecule has 92 valence electrons. The lowest BCUT2D eigenvalue weighted by molar-refractivity contribution is 0.0216. The smallest absolute Gasteiger partial charge is 0.410 e. The van der Waals surface area contributed by atoms with E-state index in [0.717, 1.165) is 32.4 Å². The highest BCUT2D eigenvalue weighted by Gasteiger charge is 2.36. The first-order valence-electron chi connectivity index (χ1n) is 6.07. The maximum Gasteiger partial charge on any atom is 0.410 e. The molecule has 0 N–H and O–H groups in total. The molecule has 2 aliphatic heterocycles. The molecule has 0 spiro atoms. The topological polar surface area (TPSA) is 42.1 Å². The Hall–Kier alpha value is -0.770. The highest BCUT2D eigenvalue weighted by molar-refractivity contribution is 5.68. The molecule has 2 saturated heterocycles. The molecular weight excluding hydrogens is 206 g/mol. The molecular formula is C12H21NO3. The Labute approximate surface area is 96.9 Å². The van der Waals surface area contributed by atoms with Crippen molar-refractivity contribution >= 4 is 6.09 Å². The Bertz CT molecular complexity index is 268. The molecule has 16 heavy (non-hydrogen) atoms. The van der Waals surface area contributed by atoms with Gasteiger partial charge in [0.2, 0.25) is 0 Å². The fourth-order valence-electron chi connectivity index (χ4n) is 2.15. The molecule has 2 aliphatic rings. The van der Waals surface area contributed by atoms with E-state index in [1.165, 1.54) is 0 Å². The second-order valence-electron chi connectivity index (χ2n) is 5.66. The quantitative estimate of drug-likeness (QED) is 0.679. The number of hydrogen-bond acceptors (Lipinski definition) is 3. The van der Waals surface area contributed by atoms with E-state index in [2.05, 4.69) is 0 Å². The third-order valence-corrected chi connectivity index (χ3v) is 2.94. The molecule has 1 amide bonds. The van der Waals surface area contributed by atoms with Gasteiger partial charge in [-0.2, -0.15) is 0 Å². The summed E-state index contributed by atoms with van der Waals surface area (Å²) in [4.78, 5) is 13.8. The van der Waals surface area contributed by atoms with Gasteiger partial charge in [-0.05, 0) is 40.0 Å². The van der Waals surface area contributed by atoms with Gasteiger partial charge in [0, 0.05) is 12.6 Å². The Balaban J connectivity index is 1.88. The lowest BCUT2D eigenvalue weighted by atomic mass is 10.1. The van der Waals surface area contributed by atoms with Gasteiger partial charge >= 0.3 is 6.09 Å². The number of epoxide rings is 1. The van der Waals surface area contributed by atoms with Gasteiger partial charge in [-0.15, -0.1) is 0 Å². The van der Waals surface area contributed by atoms with Gasteiger partial charge in [0.1, 0.15) is 5.60 Å². The summed E-state index contributed by atoms with van der Waals surface area (Å²) in [7, 11) is 0. The predicted octanol–water partition coefficient (Wildman–Crippen LogP) is 2.17. The maximum absolute atomic E-state index is 11.9. The van der Waals surface area contributed by atoms with Gasteiger partial charge in [0.25, 0.3) is 0 Å². The molecule has 0 radical (unpaired) electrons. The molecule has 0 aliphatic carbocycles. The average Bonchev–Trinajstić information content (AvgIpc) is 2.78. The van der Waals surface area contributed by atoms with Crippen LogP contribution < -0.4 is 0 Å². The van der Waals surface area contributed by atoms with Gasteiger partial charge in [0.15, 0.2) is 0 Å². The molecule has 4 heteroatoms. The average molecular weight is 227 g/mol. The molecule has 2 rings (SSSR count). The summed E-state index contributed by atoms with van der Waals surface area (Å²) in [6.45, 7) is 7.39. The van der Waals surface area contributed by atoms with Gasteiger partial charge in [-0.25, -0.2) is 4.79 Å². The molecule has 2 atom stereocenters. The van der Waals surface area contributed by atoms with Crippen LogP contribution in [-0.4, -0.2) is 41.9 Å². The van der Waals surface area contributed by atoms with E-state index in [9.17, 15) is 4.79 Å². The monoisotopic (exact) mass is 227 g/mol. The standard InChI is InChI=1S/C12H21NO3/c1-12(2,3)16-11(14)13-6-4-5-9(13)7-10-8-15-10/h9-10H,4-8H2,1-3H3. The van der Waals surface area contributed by atoms with E-state index in [0.29, 0.717) is 12.1 Å². The van der Waals surface area contributed by atoms with E-state index < -0.39 is 5.60 Å². The molecule has 2 fully saturated rings. The van der Waals surface area contributed by atoms with Crippen molar-refractivity contribution < 1.29 is 14.3 Å². The summed E-state index contributed by atoms with van der Waals surface area (Å²) in [5.41, 5.74) is -0.402. The van der Waals surface area contributed by atoms with Crippen molar-refractivity contribution in [2.24, 2.45) is 0 Å². The lowest BCUT2D eigenvalue weighted by Crippen LogP contribution is -2.40. The maximum atomic E-state index is 11.9. The second kappa shape index (κ2) is 4.24. The second-order valence-corrected chi connectivity index (χ2v) is 5.66. The van der Waals surface area contributed by atoms with Crippen LogP contribution in [0.4, 0.5) is 4.79 Å². The first-order chi connectivity index (χ1) is 7.46. The van der Waals surface area contributed by atoms with Gasteiger partial charge in [-0.1, -0.05) is 0 Å². The van der Waals surface area contributed by atoms with E-state index in [-0.39, 0.29) is 6.09 Å². The summed E-state index contributed by atoms with van der Waals surface area (Å²) in [6.07, 6.45) is 3.35. The van der Waals surface area contributed by atoms with Gasteiger partial charge in [-0.3, -0.25) is 0 Å². The summed E-state index contributed by atoms with van der Waals surface area (Å²) >= 11 is 0. The molecule has 0 aromatic heterocycles. The fourth-order valence-corrected chi connectivity index (χ4v) is 2.15. The zero-order valence-electron chi connectivity index (χ0n) is 10.4. The predicted molar refractivity (Wildman–Crippen MR) is 60.3 cm³/mol. The number of amides is 1. The van der Waals surface area contributed by atoms with Crippen LogP contribution in [0.3, 0.4) is 0 Å². The van der Waals surface area contributed by atoms with Crippen LogP contribution in [0, 0.1) is 0 Å². The van der Waals surface area contributed by atoms with Crippen molar-refractivity contribution in [1.82, 2.24) is 4.90 Å². The molecule has 0 saturated carbocycles. The van der Waals surface area contributed by atoms with Gasteiger partial charge in [0.05, 0.1) is 12.7 Å².